The van der Waals surface area contributed by atoms with Crippen molar-refractivity contribution in [2.75, 3.05) is 18.1 Å². The third-order valence-corrected chi connectivity index (χ3v) is 12.7. The van der Waals surface area contributed by atoms with Gasteiger partial charge in [-0.25, -0.2) is 0 Å². The van der Waals surface area contributed by atoms with Gasteiger partial charge in [-0.1, -0.05) is 54.5 Å². The quantitative estimate of drug-likeness (QED) is 0.143. The highest BCUT2D eigenvalue weighted by atomic mass is 28.4. The van der Waals surface area contributed by atoms with Gasteiger partial charge in [0.25, 0.3) is 11.6 Å². The third kappa shape index (κ3) is 6.58. The van der Waals surface area contributed by atoms with Crippen LogP contribution in [0.5, 0.6) is 0 Å². The molecule has 1 saturated heterocycles. The number of aliphatic hydroxyl groups is 1. The number of amides is 2. The fraction of sp³-hybridized carbons (Fsp3) is 0.500. The number of nitro groups is 1. The van der Waals surface area contributed by atoms with E-state index in [0.29, 0.717) is 24.2 Å². The van der Waals surface area contributed by atoms with Crippen molar-refractivity contribution in [3.05, 3.63) is 92.6 Å². The highest BCUT2D eigenvalue weighted by Gasteiger charge is 2.66. The van der Waals surface area contributed by atoms with Crippen molar-refractivity contribution in [3.63, 3.8) is 0 Å². The van der Waals surface area contributed by atoms with Gasteiger partial charge in [0.05, 0.1) is 35.8 Å². The zero-order valence-corrected chi connectivity index (χ0v) is 29.2. The summed E-state index contributed by atoms with van der Waals surface area (Å²) in [6, 6.07) is 11.9. The van der Waals surface area contributed by atoms with Crippen LogP contribution in [0.3, 0.4) is 0 Å². The van der Waals surface area contributed by atoms with Crippen LogP contribution < -0.4 is 4.90 Å². The average Bonchev–Trinajstić information content (AvgIpc) is 3.44. The summed E-state index contributed by atoms with van der Waals surface area (Å²) < 4.78 is 6.79. The summed E-state index contributed by atoms with van der Waals surface area (Å²) in [7, 11) is -3.08. The number of non-ortho nitro benzene ring substituents is 1. The minimum atomic E-state index is -3.08. The van der Waals surface area contributed by atoms with Gasteiger partial charge in [-0.2, -0.15) is 0 Å². The maximum Gasteiger partial charge on any atom is 0.269 e. The van der Waals surface area contributed by atoms with Gasteiger partial charge in [-0.15, -0.1) is 0 Å². The van der Waals surface area contributed by atoms with E-state index in [4.69, 9.17) is 4.74 Å². The monoisotopic (exact) mass is 661 g/mol. The van der Waals surface area contributed by atoms with Crippen LogP contribution in [0.4, 0.5) is 11.4 Å². The molecule has 5 rings (SSSR count). The van der Waals surface area contributed by atoms with Crippen LogP contribution in [0.1, 0.15) is 63.6 Å². The molecule has 1 spiro atoms. The second-order valence-corrected chi connectivity index (χ2v) is 18.1. The summed E-state index contributed by atoms with van der Waals surface area (Å²) in [5.41, 5.74) is 3.14. The fourth-order valence-electron chi connectivity index (χ4n) is 7.83. The number of aliphatic hydroxyl groups excluding tert-OH is 1. The summed E-state index contributed by atoms with van der Waals surface area (Å²) in [5.74, 6) is -1.14. The molecule has 47 heavy (non-hydrogen) atoms. The van der Waals surface area contributed by atoms with Gasteiger partial charge in [0.2, 0.25) is 5.91 Å². The Balaban J connectivity index is 1.50. The molecule has 0 saturated carbocycles. The molecular weight excluding hydrogens is 614 g/mol. The van der Waals surface area contributed by atoms with Gasteiger partial charge in [0.15, 0.2) is 13.9 Å². The molecule has 2 N–H and O–H groups in total. The molecule has 0 aromatic heterocycles. The maximum atomic E-state index is 14.6. The van der Waals surface area contributed by atoms with Crippen LogP contribution in [0.2, 0.25) is 18.6 Å². The lowest BCUT2D eigenvalue weighted by molar-refractivity contribution is -0.385. The van der Waals surface area contributed by atoms with Gasteiger partial charge in [-0.05, 0) is 70.3 Å². The highest BCUT2D eigenvalue weighted by molar-refractivity contribution is 6.71. The molecular formula is C36H47N3O7Si. The Labute approximate surface area is 278 Å². The number of fused-ring (bicyclic) bond motifs is 3. The molecule has 0 radical (unpaired) electrons. The Morgan fingerprint density at radius 2 is 1.85 bits per heavy atom. The first kappa shape index (κ1) is 34.7. The number of nitro benzene ring substituents is 1. The molecule has 3 aliphatic heterocycles. The van der Waals surface area contributed by atoms with E-state index in [1.54, 1.807) is 29.0 Å². The molecule has 2 aromatic carbocycles. The molecule has 3 heterocycles. The van der Waals surface area contributed by atoms with E-state index in [1.807, 2.05) is 44.2 Å². The predicted octanol–water partition coefficient (Wildman–Crippen LogP) is 5.77. The van der Waals surface area contributed by atoms with Crippen molar-refractivity contribution in [1.82, 2.24) is 4.90 Å². The number of allylic oxidation sites excluding steroid dienone is 3. The number of carbonyl (C=O) groups is 2. The summed E-state index contributed by atoms with van der Waals surface area (Å²) >= 11 is 0. The van der Waals surface area contributed by atoms with Gasteiger partial charge in [-0.3, -0.25) is 19.7 Å². The number of hydrogen-bond acceptors (Lipinski definition) is 7. The van der Waals surface area contributed by atoms with Gasteiger partial charge in [0.1, 0.15) is 0 Å². The Bertz CT molecular complexity index is 1610. The van der Waals surface area contributed by atoms with Crippen LogP contribution in [0, 0.1) is 16.0 Å². The lowest BCUT2D eigenvalue weighted by Gasteiger charge is -2.37. The van der Waals surface area contributed by atoms with Crippen molar-refractivity contribution >= 4 is 31.5 Å². The van der Waals surface area contributed by atoms with E-state index in [2.05, 4.69) is 19.9 Å². The smallest absolute Gasteiger partial charge is 0.269 e. The fourth-order valence-corrected chi connectivity index (χ4v) is 10.4. The van der Waals surface area contributed by atoms with Crippen molar-refractivity contribution < 1.29 is 29.2 Å². The zero-order valence-electron chi connectivity index (χ0n) is 28.2. The Morgan fingerprint density at radius 1 is 1.15 bits per heavy atom. The number of carbonyl (C=O) groups excluding carboxylic acids is 2. The Hall–Kier alpha value is -3.64. The molecule has 5 atom stereocenters. The summed E-state index contributed by atoms with van der Waals surface area (Å²) in [5, 5.41) is 22.1. The van der Waals surface area contributed by atoms with Crippen molar-refractivity contribution in [2.24, 2.45) is 5.92 Å². The molecule has 0 unspecified atom stereocenters. The molecule has 1 fully saturated rings. The molecule has 3 aliphatic rings. The summed E-state index contributed by atoms with van der Waals surface area (Å²) in [6.07, 6.45) is 5.53. The van der Waals surface area contributed by atoms with Gasteiger partial charge < -0.3 is 24.4 Å². The number of anilines is 1. The van der Waals surface area contributed by atoms with E-state index in [9.17, 15) is 29.6 Å². The molecule has 0 aliphatic carbocycles. The minimum Gasteiger partial charge on any atom is -0.432 e. The first-order chi connectivity index (χ1) is 22.2. The number of nitrogens with zero attached hydrogens (tertiary/aromatic N) is 3. The number of hydrogen-bond donors (Lipinski definition) is 2. The van der Waals surface area contributed by atoms with Crippen LogP contribution in [0.15, 0.2) is 65.8 Å². The van der Waals surface area contributed by atoms with Crippen LogP contribution in [0.25, 0.3) is 0 Å². The summed E-state index contributed by atoms with van der Waals surface area (Å²) in [4.78, 5) is 55.0. The first-order valence-corrected chi connectivity index (χ1v) is 19.5. The van der Waals surface area contributed by atoms with E-state index < -0.39 is 42.4 Å². The normalized spacial score (nSPS) is 25.6. The lowest BCUT2D eigenvalue weighted by Crippen LogP contribution is -2.48. The highest BCUT2D eigenvalue weighted by Crippen LogP contribution is 2.60. The van der Waals surface area contributed by atoms with Gasteiger partial charge in [0, 0.05) is 42.2 Å². The molecule has 2 aromatic rings. The number of rotatable bonds is 10. The standard InChI is InChI=1S/C36H47N3O7Si/c1-23(2)10-9-11-24(3)16-17-37-31-15-14-28(39(43)44)19-30(31)36(35(37)42)25(4)34(47(5,6)45)32(46-36)20-33(41)38-21-27-13-8-7-12-26(27)18-29(38)22-40/h7-8,10,12-16,19,25,29,32,34,40,45H,9,11,17-18,20-22H2,1-6H3/b24-16+/t25-,29-,32+,34-,36+/m0/s1. The molecule has 10 nitrogen and oxygen atoms in total. The van der Waals surface area contributed by atoms with Crippen molar-refractivity contribution in [1.29, 1.82) is 0 Å². The van der Waals surface area contributed by atoms with Crippen LogP contribution >= 0.6 is 0 Å². The Kier molecular flexibility index (Phi) is 9.94. The first-order valence-electron chi connectivity index (χ1n) is 16.5. The predicted molar refractivity (Wildman–Crippen MR) is 183 cm³/mol. The Morgan fingerprint density at radius 3 is 2.49 bits per heavy atom. The number of benzene rings is 2. The summed E-state index contributed by atoms with van der Waals surface area (Å²) in [6.45, 7) is 12.0. The second-order valence-electron chi connectivity index (χ2n) is 14.1. The largest absolute Gasteiger partial charge is 0.432 e. The van der Waals surface area contributed by atoms with Crippen LogP contribution in [-0.4, -0.2) is 65.2 Å². The zero-order chi connectivity index (χ0) is 34.3. The lowest BCUT2D eigenvalue weighted by atomic mass is 9.82. The second kappa shape index (κ2) is 13.5. The van der Waals surface area contributed by atoms with E-state index >= 15 is 0 Å². The third-order valence-electron chi connectivity index (χ3n) is 10.2. The molecule has 0 bridgehead atoms. The SMILES string of the molecule is CC(C)=CCC/C(C)=C/CN1C(=O)[C@]2(O[C@H](CC(=O)N3Cc4ccccc4C[C@H]3CO)[C@@H]([Si](C)(C)O)[C@@H]2C)c2cc([N+](=O)[O-])ccc21. The van der Waals surface area contributed by atoms with Gasteiger partial charge >= 0.3 is 0 Å². The van der Waals surface area contributed by atoms with E-state index in [0.717, 1.165) is 29.5 Å². The molecule has 2 amide bonds. The van der Waals surface area contributed by atoms with Crippen LogP contribution in [-0.2, 0) is 32.9 Å². The van der Waals surface area contributed by atoms with E-state index in [-0.39, 0.29) is 37.1 Å². The van der Waals surface area contributed by atoms with Crippen molar-refractivity contribution in [2.45, 2.75) is 96.3 Å². The molecule has 11 heteroatoms. The topological polar surface area (TPSA) is 133 Å². The minimum absolute atomic E-state index is 0.0900. The van der Waals surface area contributed by atoms with E-state index in [1.165, 1.54) is 17.7 Å². The maximum absolute atomic E-state index is 14.6. The van der Waals surface area contributed by atoms with Crippen molar-refractivity contribution in [3.8, 4) is 0 Å². The number of ether oxygens (including phenoxy) is 1. The average molecular weight is 662 g/mol. The molecule has 252 valence electrons.